The van der Waals surface area contributed by atoms with Gasteiger partial charge in [0.1, 0.15) is 29.0 Å². The highest BCUT2D eigenvalue weighted by Crippen LogP contribution is 2.30. The summed E-state index contributed by atoms with van der Waals surface area (Å²) in [4.78, 5) is 26.7. The zero-order valence-electron chi connectivity index (χ0n) is 29.1. The highest BCUT2D eigenvalue weighted by molar-refractivity contribution is 5.85. The fraction of sp³-hybridized carbons (Fsp3) is 0.727. The Kier molecular flexibility index (Phi) is 13.6. The number of nitrogens with one attached hydrogen (secondary N) is 4. The van der Waals surface area contributed by atoms with Crippen LogP contribution in [0.25, 0.3) is 0 Å². The van der Waals surface area contributed by atoms with Crippen LogP contribution in [0.4, 0.5) is 17.6 Å². The van der Waals surface area contributed by atoms with Gasteiger partial charge in [0.25, 0.3) is 5.91 Å². The molecule has 2 aromatic heterocycles. The van der Waals surface area contributed by atoms with E-state index in [0.29, 0.717) is 32.1 Å². The Morgan fingerprint density at radius 2 is 1.80 bits per heavy atom. The number of carbonyl (C=O) groups excluding carboxylic acids is 1. The summed E-state index contributed by atoms with van der Waals surface area (Å²) in [5, 5.41) is 61.9. The first kappa shape index (κ1) is 37.6. The van der Waals surface area contributed by atoms with Crippen molar-refractivity contribution in [3.63, 3.8) is 0 Å². The van der Waals surface area contributed by atoms with Gasteiger partial charge in [0.05, 0.1) is 38.2 Å². The van der Waals surface area contributed by atoms with Crippen LogP contribution in [-0.4, -0.2) is 145 Å². The highest BCUT2D eigenvalue weighted by Gasteiger charge is 2.48. The third-order valence-electron chi connectivity index (χ3n) is 9.53. The lowest BCUT2D eigenvalue weighted by molar-refractivity contribution is -0.172. The molecule has 278 valence electrons. The third-order valence-corrected chi connectivity index (χ3v) is 9.53. The Balaban J connectivity index is 1.10. The van der Waals surface area contributed by atoms with Crippen LogP contribution in [-0.2, 0) is 22.6 Å². The molecule has 8 N–H and O–H groups in total. The van der Waals surface area contributed by atoms with Crippen LogP contribution in [0.2, 0.25) is 0 Å². The van der Waals surface area contributed by atoms with E-state index in [9.17, 15) is 25.2 Å². The van der Waals surface area contributed by atoms with E-state index in [2.05, 4.69) is 54.9 Å². The van der Waals surface area contributed by atoms with Crippen molar-refractivity contribution in [2.75, 3.05) is 74.6 Å². The largest absolute Gasteiger partial charge is 0.390 e. The number of hydrogen-bond donors (Lipinski definition) is 8. The molecule has 5 rings (SSSR count). The fourth-order valence-corrected chi connectivity index (χ4v) is 6.56. The molecule has 2 aromatic rings. The van der Waals surface area contributed by atoms with Crippen LogP contribution in [0.3, 0.4) is 0 Å². The molecule has 2 saturated heterocycles. The molecule has 50 heavy (non-hydrogen) atoms. The third kappa shape index (κ3) is 10.5. The van der Waals surface area contributed by atoms with E-state index in [1.54, 1.807) is 0 Å². The Bertz CT molecular complexity index is 1370. The molecular weight excluding hydrogens is 646 g/mol. The summed E-state index contributed by atoms with van der Waals surface area (Å²) in [6.45, 7) is 14.2. The average Bonchev–Trinajstić information content (AvgIpc) is 3.57. The van der Waals surface area contributed by atoms with Crippen LogP contribution < -0.4 is 26.2 Å². The molecule has 0 aromatic carbocycles. The minimum atomic E-state index is -1.94. The van der Waals surface area contributed by atoms with Gasteiger partial charge in [-0.05, 0) is 38.8 Å². The van der Waals surface area contributed by atoms with Crippen LogP contribution in [0.5, 0.6) is 0 Å². The number of aromatic nitrogens is 5. The zero-order valence-corrected chi connectivity index (χ0v) is 29.1. The number of aliphatic hydroxyl groups excluding tert-OH is 3. The van der Waals surface area contributed by atoms with Crippen molar-refractivity contribution in [2.45, 2.75) is 94.9 Å². The summed E-state index contributed by atoms with van der Waals surface area (Å²) >= 11 is 0. The van der Waals surface area contributed by atoms with Crippen LogP contribution in [0, 0.1) is 0 Å². The molecule has 4 heterocycles. The van der Waals surface area contributed by atoms with E-state index in [1.807, 2.05) is 16.9 Å². The van der Waals surface area contributed by atoms with Crippen LogP contribution >= 0.6 is 0 Å². The summed E-state index contributed by atoms with van der Waals surface area (Å²) in [5.41, 5.74) is -0.244. The van der Waals surface area contributed by atoms with Gasteiger partial charge >= 0.3 is 0 Å². The lowest BCUT2D eigenvalue weighted by Crippen LogP contribution is -2.59. The molecule has 3 aliphatic rings. The van der Waals surface area contributed by atoms with Crippen molar-refractivity contribution < 1.29 is 30.0 Å². The second kappa shape index (κ2) is 18.1. The Labute approximate surface area is 293 Å². The van der Waals surface area contributed by atoms with E-state index in [4.69, 9.17) is 14.7 Å². The van der Waals surface area contributed by atoms with Crippen molar-refractivity contribution in [3.05, 3.63) is 30.2 Å². The molecule has 3 fully saturated rings. The van der Waals surface area contributed by atoms with E-state index in [1.165, 1.54) is 0 Å². The van der Waals surface area contributed by atoms with E-state index in [0.717, 1.165) is 94.5 Å². The van der Waals surface area contributed by atoms with Gasteiger partial charge in [0.2, 0.25) is 5.95 Å². The second-order valence-electron chi connectivity index (χ2n) is 13.5. The lowest BCUT2D eigenvalue weighted by atomic mass is 9.79. The molecule has 2 atom stereocenters. The van der Waals surface area contributed by atoms with Gasteiger partial charge < -0.3 is 56.2 Å². The number of likely N-dealkylation sites (tertiary alicyclic amines) is 1. The maximum absolute atomic E-state index is 12.7. The number of amides is 1. The lowest BCUT2D eigenvalue weighted by Gasteiger charge is -2.39. The molecule has 1 aliphatic carbocycles. The second-order valence-corrected chi connectivity index (χ2v) is 13.5. The van der Waals surface area contributed by atoms with Gasteiger partial charge in [-0.3, -0.25) is 9.48 Å². The number of piperidine rings is 1. The molecule has 0 radical (unpaired) electrons. The first-order chi connectivity index (χ1) is 24.1. The number of rotatable bonds is 17. The quantitative estimate of drug-likeness (QED) is 0.0967. The zero-order chi connectivity index (χ0) is 35.5. The number of aryl methyl sites for hydroxylation is 1. The summed E-state index contributed by atoms with van der Waals surface area (Å²) in [7, 11) is 0. The van der Waals surface area contributed by atoms with E-state index >= 15 is 0 Å². The Morgan fingerprint density at radius 1 is 1.06 bits per heavy atom. The van der Waals surface area contributed by atoms with Crippen molar-refractivity contribution in [2.24, 2.45) is 0 Å². The number of carbonyl (C=O) groups is 1. The predicted molar refractivity (Wildman–Crippen MR) is 187 cm³/mol. The SMILES string of the molecule is C=C(CCNC(=O)C1(O)CC(O)C(O)C(O)C1)N1CCC(Nc2cc(N3CCOCC3)nc(NCc3cn(CCCNCCC)nn3)n2)CC1. The first-order valence-corrected chi connectivity index (χ1v) is 17.9. The Hall–Kier alpha value is -3.61. The van der Waals surface area contributed by atoms with Crippen LogP contribution in [0.15, 0.2) is 24.5 Å². The van der Waals surface area contributed by atoms with Crippen molar-refractivity contribution >= 4 is 23.5 Å². The van der Waals surface area contributed by atoms with Crippen molar-refractivity contribution in [3.8, 4) is 0 Å². The van der Waals surface area contributed by atoms with E-state index in [-0.39, 0.29) is 25.4 Å². The molecule has 2 aliphatic heterocycles. The van der Waals surface area contributed by atoms with Gasteiger partial charge in [-0.15, -0.1) is 5.10 Å². The molecule has 0 spiro atoms. The number of anilines is 3. The molecule has 0 bridgehead atoms. The van der Waals surface area contributed by atoms with Crippen molar-refractivity contribution in [1.82, 2.24) is 40.5 Å². The smallest absolute Gasteiger partial charge is 0.252 e. The minimum Gasteiger partial charge on any atom is -0.390 e. The average molecular weight is 702 g/mol. The van der Waals surface area contributed by atoms with Crippen LogP contribution in [0.1, 0.15) is 57.6 Å². The number of aliphatic hydroxyl groups is 4. The van der Waals surface area contributed by atoms with E-state index < -0.39 is 29.8 Å². The summed E-state index contributed by atoms with van der Waals surface area (Å²) in [6.07, 6.45) is 1.46. The molecule has 1 saturated carbocycles. The maximum atomic E-state index is 12.7. The molecular formula is C33H55N11O6. The summed E-state index contributed by atoms with van der Waals surface area (Å²) in [5.74, 6) is 1.42. The highest BCUT2D eigenvalue weighted by atomic mass is 16.5. The molecule has 17 nitrogen and oxygen atoms in total. The van der Waals surface area contributed by atoms with Gasteiger partial charge in [0, 0.05) is 76.3 Å². The fourth-order valence-electron chi connectivity index (χ4n) is 6.56. The Morgan fingerprint density at radius 3 is 2.52 bits per heavy atom. The van der Waals surface area contributed by atoms with Gasteiger partial charge in [-0.2, -0.15) is 9.97 Å². The minimum absolute atomic E-state index is 0.194. The van der Waals surface area contributed by atoms with Gasteiger partial charge in [0.15, 0.2) is 0 Å². The normalized spacial score (nSPS) is 24.6. The van der Waals surface area contributed by atoms with Crippen molar-refractivity contribution in [1.29, 1.82) is 0 Å². The monoisotopic (exact) mass is 701 g/mol. The number of hydrogen-bond acceptors (Lipinski definition) is 15. The number of ether oxygens (including phenoxy) is 1. The molecule has 17 heteroatoms. The van der Waals surface area contributed by atoms with Gasteiger partial charge in [-0.1, -0.05) is 18.7 Å². The number of morpholine rings is 1. The maximum Gasteiger partial charge on any atom is 0.252 e. The van der Waals surface area contributed by atoms with Gasteiger partial charge in [-0.25, -0.2) is 0 Å². The number of nitrogens with zero attached hydrogens (tertiary/aromatic N) is 7. The molecule has 1 amide bonds. The summed E-state index contributed by atoms with van der Waals surface area (Å²) < 4.78 is 7.43. The standard InChI is InChI=1S/C33H55N11O6/c1-3-8-34-9-4-11-44-22-25(40-41-44)21-36-32-38-28(18-29(39-32)43-14-16-50-17-15-43)37-24-6-12-42(13-7-24)23(2)5-10-35-31(48)33(49)19-26(45)30(47)27(46)20-33/h18,22,24,26-27,30,34,45-47,49H,2-17,19-21H2,1H3,(H,35,48)(H2,36,37,38,39). The topological polar surface area (TPSA) is 218 Å². The summed E-state index contributed by atoms with van der Waals surface area (Å²) in [6, 6.07) is 2.19. The first-order valence-electron chi connectivity index (χ1n) is 17.9. The predicted octanol–water partition coefficient (Wildman–Crippen LogP) is -0.590. The molecule has 2 unspecified atom stereocenters.